The molecule has 0 aliphatic carbocycles. The zero-order chi connectivity index (χ0) is 19.3. The van der Waals surface area contributed by atoms with E-state index in [0.29, 0.717) is 6.54 Å². The van der Waals surface area contributed by atoms with Gasteiger partial charge in [0.2, 0.25) is 0 Å². The fourth-order valence-corrected chi connectivity index (χ4v) is 2.40. The molecule has 8 heteroatoms. The highest BCUT2D eigenvalue weighted by atomic mass is 19.4. The monoisotopic (exact) mass is 372 g/mol. The molecule has 0 bridgehead atoms. The van der Waals surface area contributed by atoms with Gasteiger partial charge in [-0.25, -0.2) is 4.98 Å². The van der Waals surface area contributed by atoms with E-state index in [1.165, 1.54) is 36.5 Å². The molecule has 0 saturated carbocycles. The van der Waals surface area contributed by atoms with E-state index < -0.39 is 11.7 Å². The van der Waals surface area contributed by atoms with Crippen molar-refractivity contribution in [3.8, 4) is 0 Å². The molecule has 0 fully saturated rings. The Labute approximate surface area is 153 Å². The average molecular weight is 372 g/mol. The highest BCUT2D eigenvalue weighted by Gasteiger charge is 2.33. The third-order valence-corrected chi connectivity index (χ3v) is 3.72. The van der Waals surface area contributed by atoms with Crippen molar-refractivity contribution in [3.63, 3.8) is 0 Å². The van der Waals surface area contributed by atoms with Crippen LogP contribution in [0.1, 0.15) is 21.5 Å². The first-order chi connectivity index (χ1) is 12.9. The smallest absolute Gasteiger partial charge is 0.348 e. The molecular formula is C19H15F3N4O. The van der Waals surface area contributed by atoms with Crippen molar-refractivity contribution < 1.29 is 18.0 Å². The largest absolute Gasteiger partial charge is 0.418 e. The second-order valence-corrected chi connectivity index (χ2v) is 5.64. The lowest BCUT2D eigenvalue weighted by atomic mass is 10.1. The maximum Gasteiger partial charge on any atom is 0.418 e. The summed E-state index contributed by atoms with van der Waals surface area (Å²) >= 11 is 0. The molecule has 0 atom stereocenters. The molecule has 0 saturated heterocycles. The summed E-state index contributed by atoms with van der Waals surface area (Å²) in [6.07, 6.45) is 0.102. The third kappa shape index (κ3) is 4.81. The number of nitrogens with one attached hydrogen (secondary N) is 2. The zero-order valence-electron chi connectivity index (χ0n) is 14.0. The predicted molar refractivity (Wildman–Crippen MR) is 94.4 cm³/mol. The first-order valence-electron chi connectivity index (χ1n) is 8.00. The second kappa shape index (κ2) is 7.86. The van der Waals surface area contributed by atoms with Gasteiger partial charge in [0.15, 0.2) is 0 Å². The third-order valence-electron chi connectivity index (χ3n) is 3.72. The number of halogens is 3. The van der Waals surface area contributed by atoms with Crippen LogP contribution in [0.5, 0.6) is 0 Å². The minimum Gasteiger partial charge on any atom is -0.348 e. The van der Waals surface area contributed by atoms with Crippen molar-refractivity contribution in [2.45, 2.75) is 12.7 Å². The van der Waals surface area contributed by atoms with Gasteiger partial charge in [0.1, 0.15) is 5.82 Å². The van der Waals surface area contributed by atoms with Gasteiger partial charge in [0, 0.05) is 30.7 Å². The lowest BCUT2D eigenvalue weighted by Gasteiger charge is -2.14. The first-order valence-corrected chi connectivity index (χ1v) is 8.00. The van der Waals surface area contributed by atoms with Gasteiger partial charge in [-0.2, -0.15) is 13.2 Å². The molecule has 0 unspecified atom stereocenters. The molecule has 1 aromatic carbocycles. The summed E-state index contributed by atoms with van der Waals surface area (Å²) in [5.74, 6) is -0.218. The highest BCUT2D eigenvalue weighted by molar-refractivity contribution is 5.94. The number of alkyl halides is 3. The summed E-state index contributed by atoms with van der Waals surface area (Å²) in [4.78, 5) is 20.2. The van der Waals surface area contributed by atoms with Gasteiger partial charge in [-0.3, -0.25) is 9.78 Å². The maximum atomic E-state index is 13.1. The molecule has 2 aromatic heterocycles. The van der Waals surface area contributed by atoms with Crippen molar-refractivity contribution in [2.24, 2.45) is 0 Å². The van der Waals surface area contributed by atoms with Crippen molar-refractivity contribution >= 4 is 17.4 Å². The Balaban J connectivity index is 1.74. The van der Waals surface area contributed by atoms with Gasteiger partial charge in [0.25, 0.3) is 5.91 Å². The van der Waals surface area contributed by atoms with Crippen LogP contribution in [0.4, 0.5) is 24.7 Å². The van der Waals surface area contributed by atoms with E-state index in [2.05, 4.69) is 20.6 Å². The van der Waals surface area contributed by atoms with E-state index in [9.17, 15) is 18.0 Å². The topological polar surface area (TPSA) is 66.9 Å². The number of para-hydroxylation sites is 1. The minimum absolute atomic E-state index is 0.133. The van der Waals surface area contributed by atoms with Crippen LogP contribution in [0.15, 0.2) is 67.1 Å². The summed E-state index contributed by atoms with van der Waals surface area (Å²) in [6.45, 7) is 0.309. The van der Waals surface area contributed by atoms with Crippen molar-refractivity contribution in [2.75, 3.05) is 5.32 Å². The normalized spacial score (nSPS) is 11.1. The van der Waals surface area contributed by atoms with Crippen LogP contribution in [0.2, 0.25) is 0 Å². The zero-order valence-corrected chi connectivity index (χ0v) is 14.0. The summed E-state index contributed by atoms with van der Waals surface area (Å²) < 4.78 is 39.3. The Kier molecular flexibility index (Phi) is 5.35. The Morgan fingerprint density at radius 1 is 1.00 bits per heavy atom. The maximum absolute atomic E-state index is 13.1. The van der Waals surface area contributed by atoms with E-state index >= 15 is 0 Å². The van der Waals surface area contributed by atoms with Gasteiger partial charge in [-0.05, 0) is 42.0 Å². The lowest BCUT2D eigenvalue weighted by molar-refractivity contribution is -0.136. The van der Waals surface area contributed by atoms with Crippen LogP contribution < -0.4 is 10.6 Å². The van der Waals surface area contributed by atoms with Crippen molar-refractivity contribution in [3.05, 3.63) is 83.8 Å². The predicted octanol–water partition coefficient (Wildman–Crippen LogP) is 4.17. The molecule has 2 heterocycles. The van der Waals surface area contributed by atoms with E-state index in [1.807, 2.05) is 0 Å². The molecule has 3 aromatic rings. The van der Waals surface area contributed by atoms with Gasteiger partial charge >= 0.3 is 6.18 Å². The standard InChI is InChI=1S/C19H15F3N4O/c20-19(21,22)15-3-1-2-4-16(15)26-17-11-14(7-10-24-17)18(27)25-12-13-5-8-23-9-6-13/h1-11H,12H2,(H,24,26)(H,25,27). The number of aromatic nitrogens is 2. The number of hydrogen-bond acceptors (Lipinski definition) is 4. The van der Waals surface area contributed by atoms with Crippen LogP contribution in [0.3, 0.4) is 0 Å². The first kappa shape index (κ1) is 18.4. The van der Waals surface area contributed by atoms with Gasteiger partial charge in [-0.1, -0.05) is 12.1 Å². The van der Waals surface area contributed by atoms with Crippen molar-refractivity contribution in [1.82, 2.24) is 15.3 Å². The molecule has 27 heavy (non-hydrogen) atoms. The number of anilines is 2. The fraction of sp³-hybridized carbons (Fsp3) is 0.105. The molecule has 1 amide bonds. The quantitative estimate of drug-likeness (QED) is 0.706. The van der Waals surface area contributed by atoms with Crippen LogP contribution >= 0.6 is 0 Å². The molecule has 0 aliphatic rings. The molecular weight excluding hydrogens is 357 g/mol. The van der Waals surface area contributed by atoms with E-state index in [4.69, 9.17) is 0 Å². The summed E-state index contributed by atoms with van der Waals surface area (Å²) in [5.41, 5.74) is 0.224. The van der Waals surface area contributed by atoms with E-state index in [0.717, 1.165) is 11.6 Å². The van der Waals surface area contributed by atoms with Gasteiger partial charge < -0.3 is 10.6 Å². The van der Waals surface area contributed by atoms with Crippen LogP contribution in [-0.4, -0.2) is 15.9 Å². The molecule has 0 aliphatic heterocycles. The number of hydrogen-bond donors (Lipinski definition) is 2. The molecule has 3 rings (SSSR count). The molecule has 0 radical (unpaired) electrons. The summed E-state index contributed by atoms with van der Waals surface area (Å²) in [7, 11) is 0. The van der Waals surface area contributed by atoms with Gasteiger partial charge in [0.05, 0.1) is 11.3 Å². The van der Waals surface area contributed by atoms with E-state index in [-0.39, 0.29) is 23.0 Å². The fourth-order valence-electron chi connectivity index (χ4n) is 2.40. The van der Waals surface area contributed by atoms with Crippen LogP contribution in [0, 0.1) is 0 Å². The SMILES string of the molecule is O=C(NCc1ccncc1)c1ccnc(Nc2ccccc2C(F)(F)F)c1. The Morgan fingerprint density at radius 2 is 1.74 bits per heavy atom. The van der Waals surface area contributed by atoms with Crippen LogP contribution in [-0.2, 0) is 12.7 Å². The number of carbonyl (C=O) groups excluding carboxylic acids is 1. The second-order valence-electron chi connectivity index (χ2n) is 5.64. The van der Waals surface area contributed by atoms with Crippen molar-refractivity contribution in [1.29, 1.82) is 0 Å². The summed E-state index contributed by atoms with van der Waals surface area (Å²) in [6, 6.07) is 11.5. The highest BCUT2D eigenvalue weighted by Crippen LogP contribution is 2.35. The number of pyridine rings is 2. The molecule has 2 N–H and O–H groups in total. The number of carbonyl (C=O) groups is 1. The Morgan fingerprint density at radius 3 is 2.48 bits per heavy atom. The molecule has 5 nitrogen and oxygen atoms in total. The number of amides is 1. The lowest BCUT2D eigenvalue weighted by Crippen LogP contribution is -2.23. The number of rotatable bonds is 5. The van der Waals surface area contributed by atoms with Crippen LogP contribution in [0.25, 0.3) is 0 Å². The summed E-state index contributed by atoms with van der Waals surface area (Å²) in [5, 5.41) is 5.37. The van der Waals surface area contributed by atoms with Gasteiger partial charge in [-0.15, -0.1) is 0 Å². The average Bonchev–Trinajstić information content (AvgIpc) is 2.67. The molecule has 0 spiro atoms. The Hall–Kier alpha value is -3.42. The number of nitrogens with zero attached hydrogens (tertiary/aromatic N) is 2. The molecule has 138 valence electrons. The van der Waals surface area contributed by atoms with E-state index in [1.54, 1.807) is 24.5 Å². The minimum atomic E-state index is -4.50. The number of benzene rings is 1. The Bertz CT molecular complexity index is 929.